The van der Waals surface area contributed by atoms with Crippen molar-refractivity contribution >= 4 is 11.6 Å². The van der Waals surface area contributed by atoms with E-state index in [4.69, 9.17) is 15.7 Å². The van der Waals surface area contributed by atoms with E-state index in [1.807, 2.05) is 13.8 Å². The second-order valence-electron chi connectivity index (χ2n) is 5.01. The summed E-state index contributed by atoms with van der Waals surface area (Å²) in [6.45, 7) is 5.12. The van der Waals surface area contributed by atoms with Gasteiger partial charge in [0, 0.05) is 18.7 Å². The van der Waals surface area contributed by atoms with Crippen LogP contribution in [0.25, 0.3) is 0 Å². The molecule has 5 heteroatoms. The number of amides is 1. The standard InChI is InChI=1S/C15H21N3O2/c1-11(2)10-18(8-4-7-16)15(19)12-5-6-13(17)14(9-12)20-3/h5-6,9,11H,4,8,10,17H2,1-3H3. The molecule has 2 N–H and O–H groups in total. The van der Waals surface area contributed by atoms with Crippen molar-refractivity contribution in [3.05, 3.63) is 23.8 Å². The lowest BCUT2D eigenvalue weighted by molar-refractivity contribution is 0.0739. The topological polar surface area (TPSA) is 79.3 Å². The van der Waals surface area contributed by atoms with Crippen LogP contribution in [0.15, 0.2) is 18.2 Å². The number of carbonyl (C=O) groups is 1. The fourth-order valence-electron chi connectivity index (χ4n) is 1.93. The summed E-state index contributed by atoms with van der Waals surface area (Å²) >= 11 is 0. The van der Waals surface area contributed by atoms with Gasteiger partial charge >= 0.3 is 0 Å². The molecule has 1 amide bonds. The number of carbonyl (C=O) groups excluding carboxylic acids is 1. The maximum Gasteiger partial charge on any atom is 0.254 e. The summed E-state index contributed by atoms with van der Waals surface area (Å²) in [6.07, 6.45) is 0.324. The number of nitrogens with two attached hydrogens (primary N) is 1. The summed E-state index contributed by atoms with van der Waals surface area (Å²) in [5.41, 5.74) is 6.76. The second kappa shape index (κ2) is 7.39. The number of hydrogen-bond donors (Lipinski definition) is 1. The van der Waals surface area contributed by atoms with Crippen LogP contribution in [0.1, 0.15) is 30.6 Å². The summed E-state index contributed by atoms with van der Waals surface area (Å²) in [5.74, 6) is 0.723. The maximum atomic E-state index is 12.5. The minimum absolute atomic E-state index is 0.104. The number of hydrogen-bond acceptors (Lipinski definition) is 4. The SMILES string of the molecule is COc1cc(C(=O)N(CCC#N)CC(C)C)ccc1N. The first-order valence-electron chi connectivity index (χ1n) is 6.59. The van der Waals surface area contributed by atoms with Gasteiger partial charge in [-0.15, -0.1) is 0 Å². The van der Waals surface area contributed by atoms with Gasteiger partial charge in [-0.05, 0) is 24.1 Å². The fraction of sp³-hybridized carbons (Fsp3) is 0.467. The van der Waals surface area contributed by atoms with Crippen molar-refractivity contribution in [1.29, 1.82) is 5.26 Å². The molecule has 1 rings (SSSR count). The first-order chi connectivity index (χ1) is 9.49. The maximum absolute atomic E-state index is 12.5. The average molecular weight is 275 g/mol. The van der Waals surface area contributed by atoms with Gasteiger partial charge in [-0.2, -0.15) is 5.26 Å². The molecule has 20 heavy (non-hydrogen) atoms. The van der Waals surface area contributed by atoms with Gasteiger partial charge in [-0.1, -0.05) is 13.8 Å². The summed E-state index contributed by atoms with van der Waals surface area (Å²) < 4.78 is 5.13. The molecule has 1 aromatic rings. The molecule has 0 atom stereocenters. The van der Waals surface area contributed by atoms with Crippen LogP contribution in [0, 0.1) is 17.2 Å². The van der Waals surface area contributed by atoms with Gasteiger partial charge in [-0.3, -0.25) is 4.79 Å². The van der Waals surface area contributed by atoms with Gasteiger partial charge in [0.05, 0.1) is 25.3 Å². The Morgan fingerprint density at radius 2 is 2.20 bits per heavy atom. The van der Waals surface area contributed by atoms with E-state index in [1.165, 1.54) is 7.11 Å². The quantitative estimate of drug-likeness (QED) is 0.808. The Morgan fingerprint density at radius 3 is 2.75 bits per heavy atom. The Balaban J connectivity index is 2.96. The molecule has 0 bridgehead atoms. The van der Waals surface area contributed by atoms with Crippen molar-refractivity contribution < 1.29 is 9.53 Å². The Labute approximate surface area is 119 Å². The zero-order chi connectivity index (χ0) is 15.1. The Morgan fingerprint density at radius 1 is 1.50 bits per heavy atom. The smallest absolute Gasteiger partial charge is 0.254 e. The monoisotopic (exact) mass is 275 g/mol. The lowest BCUT2D eigenvalue weighted by Crippen LogP contribution is -2.35. The fourth-order valence-corrected chi connectivity index (χ4v) is 1.93. The zero-order valence-corrected chi connectivity index (χ0v) is 12.2. The van der Waals surface area contributed by atoms with E-state index in [9.17, 15) is 4.79 Å². The molecule has 0 fully saturated rings. The van der Waals surface area contributed by atoms with E-state index >= 15 is 0 Å². The predicted molar refractivity (Wildman–Crippen MR) is 78.4 cm³/mol. The third kappa shape index (κ3) is 4.16. The minimum Gasteiger partial charge on any atom is -0.495 e. The van der Waals surface area contributed by atoms with E-state index in [-0.39, 0.29) is 5.91 Å². The van der Waals surface area contributed by atoms with E-state index in [2.05, 4.69) is 6.07 Å². The van der Waals surface area contributed by atoms with Crippen LogP contribution < -0.4 is 10.5 Å². The number of rotatable bonds is 6. The lowest BCUT2D eigenvalue weighted by Gasteiger charge is -2.24. The van der Waals surface area contributed by atoms with Crippen molar-refractivity contribution in [2.24, 2.45) is 5.92 Å². The average Bonchev–Trinajstić information content (AvgIpc) is 2.42. The van der Waals surface area contributed by atoms with Crippen molar-refractivity contribution in [3.63, 3.8) is 0 Å². The van der Waals surface area contributed by atoms with E-state index in [1.54, 1.807) is 23.1 Å². The minimum atomic E-state index is -0.104. The highest BCUT2D eigenvalue weighted by molar-refractivity contribution is 5.95. The summed E-state index contributed by atoms with van der Waals surface area (Å²) in [7, 11) is 1.52. The number of nitrogen functional groups attached to an aromatic ring is 1. The van der Waals surface area contributed by atoms with Crippen LogP contribution >= 0.6 is 0 Å². The second-order valence-corrected chi connectivity index (χ2v) is 5.01. The Hall–Kier alpha value is -2.22. The van der Waals surface area contributed by atoms with E-state index < -0.39 is 0 Å². The molecule has 108 valence electrons. The summed E-state index contributed by atoms with van der Waals surface area (Å²) in [6, 6.07) is 7.04. The number of ether oxygens (including phenoxy) is 1. The molecule has 0 heterocycles. The summed E-state index contributed by atoms with van der Waals surface area (Å²) in [4.78, 5) is 14.2. The molecule has 0 radical (unpaired) electrons. The largest absolute Gasteiger partial charge is 0.495 e. The van der Waals surface area contributed by atoms with E-state index in [0.29, 0.717) is 42.4 Å². The van der Waals surface area contributed by atoms with Gasteiger partial charge in [0.15, 0.2) is 0 Å². The number of benzene rings is 1. The highest BCUT2D eigenvalue weighted by atomic mass is 16.5. The van der Waals surface area contributed by atoms with Crippen LogP contribution in [0.3, 0.4) is 0 Å². The lowest BCUT2D eigenvalue weighted by atomic mass is 10.1. The van der Waals surface area contributed by atoms with Crippen LogP contribution in [0.4, 0.5) is 5.69 Å². The number of methoxy groups -OCH3 is 1. The molecular weight excluding hydrogens is 254 g/mol. The zero-order valence-electron chi connectivity index (χ0n) is 12.2. The normalized spacial score (nSPS) is 10.2. The molecule has 5 nitrogen and oxygen atoms in total. The van der Waals surface area contributed by atoms with Crippen LogP contribution in [0.5, 0.6) is 5.75 Å². The third-order valence-corrected chi connectivity index (χ3v) is 2.85. The number of anilines is 1. The first kappa shape index (κ1) is 15.8. The summed E-state index contributed by atoms with van der Waals surface area (Å²) in [5, 5.41) is 8.70. The van der Waals surface area contributed by atoms with Crippen LogP contribution in [0.2, 0.25) is 0 Å². The van der Waals surface area contributed by atoms with Crippen LogP contribution in [-0.4, -0.2) is 31.0 Å². The van der Waals surface area contributed by atoms with E-state index in [0.717, 1.165) is 0 Å². The van der Waals surface area contributed by atoms with Gasteiger partial charge < -0.3 is 15.4 Å². The van der Waals surface area contributed by atoms with Crippen molar-refractivity contribution in [3.8, 4) is 11.8 Å². The molecule has 0 saturated carbocycles. The predicted octanol–water partition coefficient (Wildman–Crippen LogP) is 2.29. The van der Waals surface area contributed by atoms with Gasteiger partial charge in [0.25, 0.3) is 5.91 Å². The number of nitrogens with zero attached hydrogens (tertiary/aromatic N) is 2. The van der Waals surface area contributed by atoms with Crippen molar-refractivity contribution in [1.82, 2.24) is 4.90 Å². The first-order valence-corrected chi connectivity index (χ1v) is 6.59. The third-order valence-electron chi connectivity index (χ3n) is 2.85. The van der Waals surface area contributed by atoms with Crippen molar-refractivity contribution in [2.45, 2.75) is 20.3 Å². The molecule has 0 aliphatic rings. The molecule has 0 spiro atoms. The molecule has 0 aromatic heterocycles. The molecule has 0 aliphatic carbocycles. The molecular formula is C15H21N3O2. The van der Waals surface area contributed by atoms with Crippen LogP contribution in [-0.2, 0) is 0 Å². The van der Waals surface area contributed by atoms with Gasteiger partial charge in [0.2, 0.25) is 0 Å². The highest BCUT2D eigenvalue weighted by Gasteiger charge is 2.17. The van der Waals surface area contributed by atoms with Crippen molar-refractivity contribution in [2.75, 3.05) is 25.9 Å². The Bertz CT molecular complexity index is 506. The molecule has 0 saturated heterocycles. The Kier molecular flexibility index (Phi) is 5.85. The number of nitriles is 1. The van der Waals surface area contributed by atoms with Gasteiger partial charge in [-0.25, -0.2) is 0 Å². The molecule has 1 aromatic carbocycles. The highest BCUT2D eigenvalue weighted by Crippen LogP contribution is 2.23. The molecule has 0 unspecified atom stereocenters. The van der Waals surface area contributed by atoms with Gasteiger partial charge in [0.1, 0.15) is 5.75 Å². The molecule has 0 aliphatic heterocycles.